The van der Waals surface area contributed by atoms with Crippen molar-refractivity contribution < 1.29 is 9.21 Å². The number of hydrogen-bond donors (Lipinski definition) is 0. The molecule has 2 aromatic heterocycles. The van der Waals surface area contributed by atoms with Gasteiger partial charge in [0.15, 0.2) is 12.0 Å². The molecule has 0 aliphatic heterocycles. The maximum absolute atomic E-state index is 10.4. The number of carbonyl (C=O) groups excluding carboxylic acids is 1. The lowest BCUT2D eigenvalue weighted by atomic mass is 10.3. The number of hydrogen-bond acceptors (Lipinski definition) is 3. The van der Waals surface area contributed by atoms with E-state index in [4.69, 9.17) is 16.0 Å². The Morgan fingerprint density at radius 2 is 2.42 bits per heavy atom. The van der Waals surface area contributed by atoms with Crippen molar-refractivity contribution in [3.63, 3.8) is 0 Å². The first-order chi connectivity index (χ1) is 5.83. The molecule has 4 heteroatoms. The van der Waals surface area contributed by atoms with Gasteiger partial charge in [0.2, 0.25) is 5.71 Å². The highest BCUT2D eigenvalue weighted by molar-refractivity contribution is 6.37. The molecule has 0 bridgehead atoms. The van der Waals surface area contributed by atoms with Crippen LogP contribution in [-0.2, 0) is 0 Å². The van der Waals surface area contributed by atoms with Gasteiger partial charge in [-0.15, -0.1) is 0 Å². The van der Waals surface area contributed by atoms with Crippen LogP contribution in [0.5, 0.6) is 0 Å². The second kappa shape index (κ2) is 2.60. The SMILES string of the molecule is O=Cc1oc2ncccc2c1Cl. The fourth-order valence-electron chi connectivity index (χ4n) is 0.997. The van der Waals surface area contributed by atoms with Crippen molar-refractivity contribution in [1.29, 1.82) is 0 Å². The first-order valence-electron chi connectivity index (χ1n) is 3.31. The molecule has 0 fully saturated rings. The Labute approximate surface area is 73.0 Å². The highest BCUT2D eigenvalue weighted by Gasteiger charge is 2.10. The molecule has 0 aliphatic carbocycles. The van der Waals surface area contributed by atoms with Crippen molar-refractivity contribution in [3.05, 3.63) is 29.1 Å². The zero-order valence-electron chi connectivity index (χ0n) is 5.95. The fraction of sp³-hybridized carbons (Fsp3) is 0. The summed E-state index contributed by atoms with van der Waals surface area (Å²) < 4.78 is 5.04. The van der Waals surface area contributed by atoms with Crippen molar-refractivity contribution in [1.82, 2.24) is 4.98 Å². The Kier molecular flexibility index (Phi) is 1.59. The van der Waals surface area contributed by atoms with E-state index in [1.54, 1.807) is 18.3 Å². The van der Waals surface area contributed by atoms with E-state index in [1.807, 2.05) is 0 Å². The summed E-state index contributed by atoms with van der Waals surface area (Å²) in [6.45, 7) is 0. The van der Waals surface area contributed by atoms with Crippen LogP contribution in [0.1, 0.15) is 10.6 Å². The average Bonchev–Trinajstić information content (AvgIpc) is 2.44. The van der Waals surface area contributed by atoms with Crippen LogP contribution in [-0.4, -0.2) is 11.3 Å². The van der Waals surface area contributed by atoms with Gasteiger partial charge in [-0.2, -0.15) is 0 Å². The van der Waals surface area contributed by atoms with Crippen molar-refractivity contribution in [3.8, 4) is 0 Å². The summed E-state index contributed by atoms with van der Waals surface area (Å²) in [6, 6.07) is 3.49. The maximum atomic E-state index is 10.4. The van der Waals surface area contributed by atoms with Crippen molar-refractivity contribution in [2.24, 2.45) is 0 Å². The molecular weight excluding hydrogens is 178 g/mol. The highest BCUT2D eigenvalue weighted by Crippen LogP contribution is 2.27. The molecule has 2 heterocycles. The number of fused-ring (bicyclic) bond motifs is 1. The molecule has 0 aromatic carbocycles. The minimum Gasteiger partial charge on any atom is -0.433 e. The first-order valence-corrected chi connectivity index (χ1v) is 3.69. The van der Waals surface area contributed by atoms with E-state index in [1.165, 1.54) is 0 Å². The molecule has 2 rings (SSSR count). The Hall–Kier alpha value is -1.35. The monoisotopic (exact) mass is 181 g/mol. The molecule has 0 N–H and O–H groups in total. The third-order valence-electron chi connectivity index (χ3n) is 1.54. The molecule has 3 nitrogen and oxygen atoms in total. The summed E-state index contributed by atoms with van der Waals surface area (Å²) in [6.07, 6.45) is 2.15. The molecule has 0 radical (unpaired) electrons. The first kappa shape index (κ1) is 7.31. The quantitative estimate of drug-likeness (QED) is 0.634. The maximum Gasteiger partial charge on any atom is 0.228 e. The van der Waals surface area contributed by atoms with E-state index >= 15 is 0 Å². The van der Waals surface area contributed by atoms with Gasteiger partial charge < -0.3 is 4.42 Å². The fourth-order valence-corrected chi connectivity index (χ4v) is 1.22. The van der Waals surface area contributed by atoms with Crippen LogP contribution in [0.3, 0.4) is 0 Å². The smallest absolute Gasteiger partial charge is 0.228 e. The minimum atomic E-state index is 0.130. The third-order valence-corrected chi connectivity index (χ3v) is 1.93. The molecule has 0 spiro atoms. The zero-order chi connectivity index (χ0) is 8.55. The predicted octanol–water partition coefficient (Wildman–Crippen LogP) is 2.29. The van der Waals surface area contributed by atoms with Crippen molar-refractivity contribution in [2.45, 2.75) is 0 Å². The lowest BCUT2D eigenvalue weighted by Crippen LogP contribution is -1.70. The van der Waals surface area contributed by atoms with Crippen molar-refractivity contribution >= 4 is 29.0 Å². The number of rotatable bonds is 1. The second-order valence-electron chi connectivity index (χ2n) is 2.25. The van der Waals surface area contributed by atoms with E-state index in [0.717, 1.165) is 0 Å². The highest BCUT2D eigenvalue weighted by atomic mass is 35.5. The van der Waals surface area contributed by atoms with E-state index < -0.39 is 0 Å². The normalized spacial score (nSPS) is 10.4. The van der Waals surface area contributed by atoms with Gasteiger partial charge in [-0.3, -0.25) is 4.79 Å². The van der Waals surface area contributed by atoms with Gasteiger partial charge in [0.1, 0.15) is 0 Å². The summed E-state index contributed by atoms with van der Waals surface area (Å²) in [5.41, 5.74) is 0.393. The number of aromatic nitrogens is 1. The van der Waals surface area contributed by atoms with E-state index in [-0.39, 0.29) is 5.76 Å². The van der Waals surface area contributed by atoms with Gasteiger partial charge in [0.05, 0.1) is 10.4 Å². The molecule has 0 saturated carbocycles. The van der Waals surface area contributed by atoms with Gasteiger partial charge in [0.25, 0.3) is 0 Å². The van der Waals surface area contributed by atoms with Crippen LogP contribution in [0, 0.1) is 0 Å². The molecule has 0 atom stereocenters. The third kappa shape index (κ3) is 0.905. The summed E-state index contributed by atoms with van der Waals surface area (Å²) in [5, 5.41) is 0.995. The summed E-state index contributed by atoms with van der Waals surface area (Å²) in [7, 11) is 0. The standard InChI is InChI=1S/C8H4ClNO2/c9-7-5-2-1-3-10-8(5)12-6(7)4-11/h1-4H. The molecular formula is C8H4ClNO2. The van der Waals surface area contributed by atoms with E-state index in [2.05, 4.69) is 4.98 Å². The summed E-state index contributed by atoms with van der Waals surface area (Å²) in [4.78, 5) is 14.3. The van der Waals surface area contributed by atoms with Crippen LogP contribution in [0.2, 0.25) is 5.02 Å². The Morgan fingerprint density at radius 1 is 1.58 bits per heavy atom. The summed E-state index contributed by atoms with van der Waals surface area (Å²) in [5.74, 6) is 0.130. The number of nitrogens with zero attached hydrogens (tertiary/aromatic N) is 1. The number of furan rings is 1. The van der Waals surface area contributed by atoms with Crippen LogP contribution in [0.15, 0.2) is 22.7 Å². The van der Waals surface area contributed by atoms with Crippen LogP contribution in [0.25, 0.3) is 11.1 Å². The zero-order valence-corrected chi connectivity index (χ0v) is 6.71. The average molecular weight is 182 g/mol. The molecule has 60 valence electrons. The van der Waals surface area contributed by atoms with Gasteiger partial charge in [-0.1, -0.05) is 11.6 Å². The summed E-state index contributed by atoms with van der Waals surface area (Å²) >= 11 is 5.79. The predicted molar refractivity (Wildman–Crippen MR) is 44.4 cm³/mol. The van der Waals surface area contributed by atoms with Gasteiger partial charge in [-0.25, -0.2) is 4.98 Å². The number of carbonyl (C=O) groups is 1. The van der Waals surface area contributed by atoms with Crippen LogP contribution < -0.4 is 0 Å². The lowest BCUT2D eigenvalue weighted by Gasteiger charge is -1.82. The number of halogens is 1. The number of pyridine rings is 1. The van der Waals surface area contributed by atoms with E-state index in [9.17, 15) is 4.79 Å². The molecule has 0 saturated heterocycles. The molecule has 2 aromatic rings. The largest absolute Gasteiger partial charge is 0.433 e. The molecule has 0 aliphatic rings. The van der Waals surface area contributed by atoms with Gasteiger partial charge in [-0.05, 0) is 12.1 Å². The molecule has 0 unspecified atom stereocenters. The number of aldehydes is 1. The minimum absolute atomic E-state index is 0.130. The lowest BCUT2D eigenvalue weighted by molar-refractivity contribution is 0.110. The Morgan fingerprint density at radius 3 is 3.08 bits per heavy atom. The molecule has 0 amide bonds. The Balaban J connectivity index is 2.87. The van der Waals surface area contributed by atoms with Gasteiger partial charge in [0, 0.05) is 6.20 Å². The second-order valence-corrected chi connectivity index (χ2v) is 2.63. The van der Waals surface area contributed by atoms with Crippen LogP contribution >= 0.6 is 11.6 Å². The van der Waals surface area contributed by atoms with E-state index in [0.29, 0.717) is 22.4 Å². The van der Waals surface area contributed by atoms with Crippen LogP contribution in [0.4, 0.5) is 0 Å². The van der Waals surface area contributed by atoms with Crippen molar-refractivity contribution in [2.75, 3.05) is 0 Å². The Bertz CT molecular complexity index is 436. The van der Waals surface area contributed by atoms with Gasteiger partial charge >= 0.3 is 0 Å². The molecule has 12 heavy (non-hydrogen) atoms. The topological polar surface area (TPSA) is 43.1 Å².